The lowest BCUT2D eigenvalue weighted by atomic mass is 10.1. The van der Waals surface area contributed by atoms with Crippen LogP contribution in [0, 0.1) is 0 Å². The lowest BCUT2D eigenvalue weighted by Crippen LogP contribution is -2.16. The van der Waals surface area contributed by atoms with E-state index in [4.69, 9.17) is 0 Å². The zero-order valence-corrected chi connectivity index (χ0v) is 12.2. The SMILES string of the molecule is O=C(c1ccccc1)c1nccn1Cn1nnc2ccccc21. The van der Waals surface area contributed by atoms with Crippen LogP contribution >= 0.6 is 0 Å². The Morgan fingerprint density at radius 2 is 1.78 bits per heavy atom. The summed E-state index contributed by atoms with van der Waals surface area (Å²) in [6.07, 6.45) is 3.39. The van der Waals surface area contributed by atoms with E-state index in [2.05, 4.69) is 15.3 Å². The van der Waals surface area contributed by atoms with E-state index in [1.165, 1.54) is 0 Å². The molecule has 23 heavy (non-hydrogen) atoms. The third-order valence-corrected chi connectivity index (χ3v) is 3.66. The van der Waals surface area contributed by atoms with Gasteiger partial charge >= 0.3 is 0 Å². The average molecular weight is 303 g/mol. The van der Waals surface area contributed by atoms with Crippen molar-refractivity contribution in [2.24, 2.45) is 0 Å². The third-order valence-electron chi connectivity index (χ3n) is 3.66. The molecule has 0 spiro atoms. The topological polar surface area (TPSA) is 65.6 Å². The molecular weight excluding hydrogens is 290 g/mol. The smallest absolute Gasteiger partial charge is 0.228 e. The number of nitrogens with zero attached hydrogens (tertiary/aromatic N) is 5. The standard InChI is InChI=1S/C17H13N5O/c23-16(13-6-2-1-3-7-13)17-18-10-11-21(17)12-22-15-9-5-4-8-14(15)19-20-22/h1-11H,12H2. The molecule has 0 bridgehead atoms. The number of hydrogen-bond acceptors (Lipinski definition) is 4. The Morgan fingerprint density at radius 1 is 1.00 bits per heavy atom. The molecule has 6 heteroatoms. The average Bonchev–Trinajstić information content (AvgIpc) is 3.23. The van der Waals surface area contributed by atoms with E-state index in [0.717, 1.165) is 11.0 Å². The molecule has 0 fully saturated rings. The minimum atomic E-state index is -0.111. The Hall–Kier alpha value is -3.28. The van der Waals surface area contributed by atoms with E-state index in [-0.39, 0.29) is 5.78 Å². The summed E-state index contributed by atoms with van der Waals surface area (Å²) in [7, 11) is 0. The fraction of sp³-hybridized carbons (Fsp3) is 0.0588. The molecule has 0 unspecified atom stereocenters. The number of hydrogen-bond donors (Lipinski definition) is 0. The first-order valence-electron chi connectivity index (χ1n) is 7.22. The van der Waals surface area contributed by atoms with Crippen molar-refractivity contribution in [1.82, 2.24) is 24.5 Å². The molecule has 0 amide bonds. The van der Waals surface area contributed by atoms with Gasteiger partial charge in [-0.25, -0.2) is 9.67 Å². The van der Waals surface area contributed by atoms with Crippen LogP contribution in [0.25, 0.3) is 11.0 Å². The molecule has 4 aromatic rings. The normalized spacial score (nSPS) is 11.0. The summed E-state index contributed by atoms with van der Waals surface area (Å²) in [5.74, 6) is 0.274. The van der Waals surface area contributed by atoms with Crippen LogP contribution < -0.4 is 0 Å². The largest absolute Gasteiger partial charge is 0.308 e. The van der Waals surface area contributed by atoms with Crippen molar-refractivity contribution in [3.8, 4) is 0 Å². The van der Waals surface area contributed by atoms with Crippen LogP contribution in [0.2, 0.25) is 0 Å². The summed E-state index contributed by atoms with van der Waals surface area (Å²) in [4.78, 5) is 16.8. The van der Waals surface area contributed by atoms with Crippen molar-refractivity contribution < 1.29 is 4.79 Å². The number of carbonyl (C=O) groups excluding carboxylic acids is 1. The summed E-state index contributed by atoms with van der Waals surface area (Å²) in [6, 6.07) is 16.8. The summed E-state index contributed by atoms with van der Waals surface area (Å²) >= 11 is 0. The van der Waals surface area contributed by atoms with E-state index in [9.17, 15) is 4.79 Å². The van der Waals surface area contributed by atoms with Crippen molar-refractivity contribution in [3.05, 3.63) is 78.4 Å². The Kier molecular flexibility index (Phi) is 3.20. The molecule has 2 aromatic heterocycles. The molecule has 0 radical (unpaired) electrons. The van der Waals surface area contributed by atoms with Crippen LogP contribution in [0.4, 0.5) is 0 Å². The molecule has 0 N–H and O–H groups in total. The number of para-hydroxylation sites is 1. The van der Waals surface area contributed by atoms with E-state index >= 15 is 0 Å². The van der Waals surface area contributed by atoms with Gasteiger partial charge in [-0.3, -0.25) is 4.79 Å². The zero-order chi connectivity index (χ0) is 15.6. The number of fused-ring (bicyclic) bond motifs is 1. The molecule has 6 nitrogen and oxygen atoms in total. The van der Waals surface area contributed by atoms with Gasteiger partial charge < -0.3 is 4.57 Å². The third kappa shape index (κ3) is 2.40. The minimum Gasteiger partial charge on any atom is -0.308 e. The van der Waals surface area contributed by atoms with Gasteiger partial charge in [-0.05, 0) is 12.1 Å². The van der Waals surface area contributed by atoms with Crippen LogP contribution in [-0.2, 0) is 6.67 Å². The highest BCUT2D eigenvalue weighted by molar-refractivity contribution is 6.06. The van der Waals surface area contributed by atoms with Crippen molar-refractivity contribution in [1.29, 1.82) is 0 Å². The van der Waals surface area contributed by atoms with E-state index < -0.39 is 0 Å². The molecule has 0 aliphatic carbocycles. The number of aromatic nitrogens is 5. The number of rotatable bonds is 4. The molecule has 0 saturated carbocycles. The number of imidazole rings is 1. The van der Waals surface area contributed by atoms with E-state index in [0.29, 0.717) is 18.1 Å². The Bertz CT molecular complexity index is 971. The van der Waals surface area contributed by atoms with Crippen molar-refractivity contribution in [2.45, 2.75) is 6.67 Å². The van der Waals surface area contributed by atoms with E-state index in [1.54, 1.807) is 33.8 Å². The Labute approximate surface area is 132 Å². The maximum Gasteiger partial charge on any atom is 0.228 e. The van der Waals surface area contributed by atoms with Crippen LogP contribution in [-0.4, -0.2) is 30.3 Å². The first-order valence-corrected chi connectivity index (χ1v) is 7.22. The fourth-order valence-electron chi connectivity index (χ4n) is 2.52. The van der Waals surface area contributed by atoms with Gasteiger partial charge in [0.1, 0.15) is 12.2 Å². The van der Waals surface area contributed by atoms with Crippen molar-refractivity contribution in [3.63, 3.8) is 0 Å². The highest BCUT2D eigenvalue weighted by Crippen LogP contribution is 2.12. The fourth-order valence-corrected chi connectivity index (χ4v) is 2.52. The highest BCUT2D eigenvalue weighted by atomic mass is 16.1. The van der Waals surface area contributed by atoms with Gasteiger partial charge in [0.05, 0.1) is 5.52 Å². The first kappa shape index (κ1) is 13.4. The second kappa shape index (κ2) is 5.49. The number of benzene rings is 2. The second-order valence-electron chi connectivity index (χ2n) is 5.13. The molecule has 112 valence electrons. The summed E-state index contributed by atoms with van der Waals surface area (Å²) in [5, 5.41) is 8.28. The maximum absolute atomic E-state index is 12.6. The summed E-state index contributed by atoms with van der Waals surface area (Å²) < 4.78 is 3.52. The molecule has 0 saturated heterocycles. The van der Waals surface area contributed by atoms with Crippen LogP contribution in [0.1, 0.15) is 16.2 Å². The van der Waals surface area contributed by atoms with Crippen molar-refractivity contribution >= 4 is 16.8 Å². The molecule has 0 atom stereocenters. The summed E-state index contributed by atoms with van der Waals surface area (Å²) in [5.41, 5.74) is 2.35. The van der Waals surface area contributed by atoms with Gasteiger partial charge in [0, 0.05) is 18.0 Å². The predicted octanol–water partition coefficient (Wildman–Crippen LogP) is 2.36. The zero-order valence-electron chi connectivity index (χ0n) is 12.2. The Balaban J connectivity index is 1.69. The number of ketones is 1. The quantitative estimate of drug-likeness (QED) is 0.543. The molecule has 0 aliphatic rings. The predicted molar refractivity (Wildman–Crippen MR) is 85.0 cm³/mol. The molecular formula is C17H13N5O. The van der Waals surface area contributed by atoms with Gasteiger partial charge in [0.25, 0.3) is 0 Å². The number of carbonyl (C=O) groups is 1. The van der Waals surface area contributed by atoms with E-state index in [1.807, 2.05) is 42.5 Å². The van der Waals surface area contributed by atoms with Crippen LogP contribution in [0.3, 0.4) is 0 Å². The maximum atomic E-state index is 12.6. The Morgan fingerprint density at radius 3 is 2.65 bits per heavy atom. The molecule has 2 aromatic carbocycles. The highest BCUT2D eigenvalue weighted by Gasteiger charge is 2.15. The van der Waals surface area contributed by atoms with Crippen LogP contribution in [0.15, 0.2) is 67.0 Å². The molecule has 0 aliphatic heterocycles. The minimum absolute atomic E-state index is 0.111. The second-order valence-corrected chi connectivity index (χ2v) is 5.13. The van der Waals surface area contributed by atoms with Gasteiger partial charge in [-0.15, -0.1) is 5.10 Å². The van der Waals surface area contributed by atoms with Crippen molar-refractivity contribution in [2.75, 3.05) is 0 Å². The van der Waals surface area contributed by atoms with Gasteiger partial charge in [0.15, 0.2) is 5.82 Å². The monoisotopic (exact) mass is 303 g/mol. The van der Waals surface area contributed by atoms with Gasteiger partial charge in [-0.1, -0.05) is 47.7 Å². The van der Waals surface area contributed by atoms with Gasteiger partial charge in [0.2, 0.25) is 5.78 Å². The summed E-state index contributed by atoms with van der Waals surface area (Å²) in [6.45, 7) is 0.383. The molecule has 2 heterocycles. The lowest BCUT2D eigenvalue weighted by Gasteiger charge is -2.07. The first-order chi connectivity index (χ1) is 11.3. The lowest BCUT2D eigenvalue weighted by molar-refractivity contribution is 0.102. The molecule has 4 rings (SSSR count). The van der Waals surface area contributed by atoms with Gasteiger partial charge in [-0.2, -0.15) is 0 Å². The van der Waals surface area contributed by atoms with Crippen LogP contribution in [0.5, 0.6) is 0 Å².